The van der Waals surface area contributed by atoms with E-state index in [0.29, 0.717) is 16.3 Å². The lowest BCUT2D eigenvalue weighted by molar-refractivity contribution is 0.0939. The van der Waals surface area contributed by atoms with Crippen LogP contribution in [-0.2, 0) is 0 Å². The standard InChI is InChI=1S/C12H15ClO2/c1-7(2)12(14)9-5-8(3)11(15-4)6-10(9)13/h5-7H,1-4H3. The Balaban J connectivity index is 3.22. The molecule has 0 fully saturated rings. The molecule has 0 N–H and O–H groups in total. The molecule has 82 valence electrons. The molecule has 0 bridgehead atoms. The first-order valence-corrected chi connectivity index (χ1v) is 5.23. The zero-order valence-electron chi connectivity index (χ0n) is 9.43. The predicted octanol–water partition coefficient (Wildman–Crippen LogP) is 3.50. The number of hydrogen-bond donors (Lipinski definition) is 0. The lowest BCUT2D eigenvalue weighted by Gasteiger charge is -2.10. The fraction of sp³-hybridized carbons (Fsp3) is 0.417. The minimum Gasteiger partial charge on any atom is -0.496 e. The molecule has 0 aliphatic rings. The smallest absolute Gasteiger partial charge is 0.166 e. The largest absolute Gasteiger partial charge is 0.496 e. The van der Waals surface area contributed by atoms with Crippen molar-refractivity contribution in [2.45, 2.75) is 20.8 Å². The number of hydrogen-bond acceptors (Lipinski definition) is 2. The Morgan fingerprint density at radius 3 is 2.47 bits per heavy atom. The van der Waals surface area contributed by atoms with Gasteiger partial charge in [-0.2, -0.15) is 0 Å². The maximum atomic E-state index is 11.8. The van der Waals surface area contributed by atoms with Crippen LogP contribution >= 0.6 is 11.6 Å². The van der Waals surface area contributed by atoms with Crippen molar-refractivity contribution in [2.75, 3.05) is 7.11 Å². The lowest BCUT2D eigenvalue weighted by Crippen LogP contribution is -2.08. The van der Waals surface area contributed by atoms with Crippen molar-refractivity contribution >= 4 is 17.4 Å². The van der Waals surface area contributed by atoms with E-state index >= 15 is 0 Å². The van der Waals surface area contributed by atoms with Crippen molar-refractivity contribution in [3.05, 3.63) is 28.3 Å². The zero-order valence-corrected chi connectivity index (χ0v) is 10.2. The number of halogens is 1. The molecule has 1 aromatic rings. The Labute approximate surface area is 95.2 Å². The van der Waals surface area contributed by atoms with Crippen LogP contribution in [0.1, 0.15) is 29.8 Å². The second-order valence-corrected chi connectivity index (χ2v) is 4.23. The molecule has 0 radical (unpaired) electrons. The highest BCUT2D eigenvalue weighted by molar-refractivity contribution is 6.34. The van der Waals surface area contributed by atoms with Crippen LogP contribution in [0.25, 0.3) is 0 Å². The van der Waals surface area contributed by atoms with E-state index in [1.54, 1.807) is 19.2 Å². The molecule has 0 amide bonds. The topological polar surface area (TPSA) is 26.3 Å². The zero-order chi connectivity index (χ0) is 11.6. The first kappa shape index (κ1) is 12.1. The molecule has 0 spiro atoms. The fourth-order valence-corrected chi connectivity index (χ4v) is 1.63. The summed E-state index contributed by atoms with van der Waals surface area (Å²) in [5.74, 6) is 0.723. The number of carbonyl (C=O) groups is 1. The molecule has 2 nitrogen and oxygen atoms in total. The molecule has 0 heterocycles. The number of Topliss-reactive ketones (excluding diaryl/α,β-unsaturated/α-hetero) is 1. The minimum atomic E-state index is -0.0460. The Kier molecular flexibility index (Phi) is 3.75. The van der Waals surface area contributed by atoms with E-state index in [4.69, 9.17) is 16.3 Å². The van der Waals surface area contributed by atoms with Crippen molar-refractivity contribution in [3.63, 3.8) is 0 Å². The van der Waals surface area contributed by atoms with Crippen molar-refractivity contribution in [1.29, 1.82) is 0 Å². The summed E-state index contributed by atoms with van der Waals surface area (Å²) >= 11 is 6.02. The maximum absolute atomic E-state index is 11.8. The van der Waals surface area contributed by atoms with Crippen molar-refractivity contribution in [3.8, 4) is 5.75 Å². The van der Waals surface area contributed by atoms with E-state index < -0.39 is 0 Å². The molecular formula is C12H15ClO2. The molecule has 0 saturated carbocycles. The normalized spacial score (nSPS) is 10.5. The summed E-state index contributed by atoms with van der Waals surface area (Å²) in [5.41, 5.74) is 1.50. The Morgan fingerprint density at radius 1 is 1.40 bits per heavy atom. The van der Waals surface area contributed by atoms with Gasteiger partial charge in [0, 0.05) is 11.5 Å². The van der Waals surface area contributed by atoms with Crippen LogP contribution in [0.4, 0.5) is 0 Å². The summed E-state index contributed by atoms with van der Waals surface area (Å²) in [4.78, 5) is 11.8. The summed E-state index contributed by atoms with van der Waals surface area (Å²) in [6, 6.07) is 3.47. The predicted molar refractivity (Wildman–Crippen MR) is 61.9 cm³/mol. The number of ketones is 1. The van der Waals surface area contributed by atoms with Crippen LogP contribution in [0.3, 0.4) is 0 Å². The third-order valence-corrected chi connectivity index (χ3v) is 2.59. The number of ether oxygens (including phenoxy) is 1. The summed E-state index contributed by atoms with van der Waals surface area (Å²) in [6.45, 7) is 5.61. The second-order valence-electron chi connectivity index (χ2n) is 3.82. The minimum absolute atomic E-state index is 0.0460. The Bertz CT molecular complexity index is 383. The van der Waals surface area contributed by atoms with Gasteiger partial charge in [0.15, 0.2) is 5.78 Å². The van der Waals surface area contributed by atoms with Crippen molar-refractivity contribution < 1.29 is 9.53 Å². The van der Waals surface area contributed by atoms with E-state index in [2.05, 4.69) is 0 Å². The van der Waals surface area contributed by atoms with Gasteiger partial charge in [-0.15, -0.1) is 0 Å². The average molecular weight is 227 g/mol. The highest BCUT2D eigenvalue weighted by atomic mass is 35.5. The molecule has 1 rings (SSSR count). The van der Waals surface area contributed by atoms with Crippen LogP contribution in [-0.4, -0.2) is 12.9 Å². The Morgan fingerprint density at radius 2 is 2.00 bits per heavy atom. The van der Waals surface area contributed by atoms with E-state index in [1.807, 2.05) is 20.8 Å². The highest BCUT2D eigenvalue weighted by Gasteiger charge is 2.16. The van der Waals surface area contributed by atoms with Gasteiger partial charge >= 0.3 is 0 Å². The van der Waals surface area contributed by atoms with Gasteiger partial charge in [0.1, 0.15) is 5.75 Å². The maximum Gasteiger partial charge on any atom is 0.166 e. The van der Waals surface area contributed by atoms with Crippen molar-refractivity contribution in [2.24, 2.45) is 5.92 Å². The quantitative estimate of drug-likeness (QED) is 0.738. The monoisotopic (exact) mass is 226 g/mol. The van der Waals surface area contributed by atoms with Gasteiger partial charge in [-0.05, 0) is 24.6 Å². The molecule has 3 heteroatoms. The number of benzene rings is 1. The second kappa shape index (κ2) is 4.67. The Hall–Kier alpha value is -1.02. The molecule has 15 heavy (non-hydrogen) atoms. The first-order valence-electron chi connectivity index (χ1n) is 4.85. The van der Waals surface area contributed by atoms with Crippen LogP contribution in [0.5, 0.6) is 5.75 Å². The molecular weight excluding hydrogens is 212 g/mol. The van der Waals surface area contributed by atoms with E-state index in [0.717, 1.165) is 5.56 Å². The molecule has 0 unspecified atom stereocenters. The third-order valence-electron chi connectivity index (χ3n) is 2.27. The molecule has 0 saturated heterocycles. The van der Waals surface area contributed by atoms with Crippen LogP contribution in [0.15, 0.2) is 12.1 Å². The summed E-state index contributed by atoms with van der Waals surface area (Å²) in [5, 5.41) is 0.455. The van der Waals surface area contributed by atoms with Gasteiger partial charge in [0.05, 0.1) is 12.1 Å². The molecule has 0 atom stereocenters. The van der Waals surface area contributed by atoms with Crippen molar-refractivity contribution in [1.82, 2.24) is 0 Å². The first-order chi connectivity index (χ1) is 6.97. The summed E-state index contributed by atoms with van der Waals surface area (Å²) in [6.07, 6.45) is 0. The number of aryl methyl sites for hydroxylation is 1. The molecule has 0 aliphatic heterocycles. The van der Waals surface area contributed by atoms with E-state index in [9.17, 15) is 4.79 Å². The lowest BCUT2D eigenvalue weighted by atomic mass is 9.99. The van der Waals surface area contributed by atoms with Gasteiger partial charge in [-0.3, -0.25) is 4.79 Å². The van der Waals surface area contributed by atoms with Crippen LogP contribution < -0.4 is 4.74 Å². The van der Waals surface area contributed by atoms with Gasteiger partial charge in [-0.25, -0.2) is 0 Å². The van der Waals surface area contributed by atoms with E-state index in [1.165, 1.54) is 0 Å². The fourth-order valence-electron chi connectivity index (χ4n) is 1.38. The van der Waals surface area contributed by atoms with Crippen LogP contribution in [0, 0.1) is 12.8 Å². The molecule has 0 aromatic heterocycles. The molecule has 0 aliphatic carbocycles. The van der Waals surface area contributed by atoms with Gasteiger partial charge in [-0.1, -0.05) is 25.4 Å². The van der Waals surface area contributed by atoms with Gasteiger partial charge in [0.25, 0.3) is 0 Å². The molecule has 1 aromatic carbocycles. The number of rotatable bonds is 3. The van der Waals surface area contributed by atoms with E-state index in [-0.39, 0.29) is 11.7 Å². The van der Waals surface area contributed by atoms with Gasteiger partial charge < -0.3 is 4.74 Å². The average Bonchev–Trinajstić information content (AvgIpc) is 2.19. The summed E-state index contributed by atoms with van der Waals surface area (Å²) in [7, 11) is 1.59. The highest BCUT2D eigenvalue weighted by Crippen LogP contribution is 2.28. The third kappa shape index (κ3) is 2.51. The summed E-state index contributed by atoms with van der Waals surface area (Å²) < 4.78 is 5.13. The van der Waals surface area contributed by atoms with Gasteiger partial charge in [0.2, 0.25) is 0 Å². The van der Waals surface area contributed by atoms with Crippen LogP contribution in [0.2, 0.25) is 5.02 Å². The SMILES string of the molecule is COc1cc(Cl)c(C(=O)C(C)C)cc1C. The number of carbonyl (C=O) groups excluding carboxylic acids is 1. The number of methoxy groups -OCH3 is 1.